The number of nitrogens with zero attached hydrogens (tertiary/aromatic N) is 1. The van der Waals surface area contributed by atoms with Crippen LogP contribution in [0.5, 0.6) is 0 Å². The second kappa shape index (κ2) is 5.08. The van der Waals surface area contributed by atoms with Crippen LogP contribution in [0.1, 0.15) is 32.1 Å². The lowest BCUT2D eigenvalue weighted by atomic mass is 9.66. The number of hydrogen-bond donors (Lipinski definition) is 2. The van der Waals surface area contributed by atoms with Gasteiger partial charge >= 0.3 is 0 Å². The number of hydrogen-bond acceptors (Lipinski definition) is 4. The lowest BCUT2D eigenvalue weighted by Gasteiger charge is -2.51. The van der Waals surface area contributed by atoms with Gasteiger partial charge < -0.3 is 15.2 Å². The molecule has 2 N–H and O–H groups in total. The van der Waals surface area contributed by atoms with Crippen LogP contribution < -0.4 is 5.32 Å². The van der Waals surface area contributed by atoms with Crippen molar-refractivity contribution in [2.75, 3.05) is 45.9 Å². The highest BCUT2D eigenvalue weighted by atomic mass is 16.5. The largest absolute Gasteiger partial charge is 0.388 e. The van der Waals surface area contributed by atoms with E-state index in [0.29, 0.717) is 0 Å². The maximum absolute atomic E-state index is 11.3. The molecule has 0 amide bonds. The van der Waals surface area contributed by atoms with Gasteiger partial charge in [0.1, 0.15) is 0 Å². The normalized spacial score (nSPS) is 37.2. The quantitative estimate of drug-likeness (QED) is 0.757. The highest BCUT2D eigenvalue weighted by Crippen LogP contribution is 2.49. The zero-order valence-corrected chi connectivity index (χ0v) is 11.3. The topological polar surface area (TPSA) is 44.7 Å². The molecule has 2 saturated heterocycles. The number of ether oxygens (including phenoxy) is 1. The molecular formula is C14H26N2O2. The van der Waals surface area contributed by atoms with Crippen LogP contribution in [0.15, 0.2) is 0 Å². The Morgan fingerprint density at radius 2 is 1.83 bits per heavy atom. The average Bonchev–Trinajstić information content (AvgIpc) is 2.85. The standard InChI is InChI=1S/C14H26N2O2/c17-14(12-16-7-9-18-10-8-16)5-6-15-11-13(14)3-1-2-4-13/h15,17H,1-12H2. The highest BCUT2D eigenvalue weighted by molar-refractivity contribution is 5.07. The molecule has 1 aliphatic carbocycles. The molecule has 3 fully saturated rings. The predicted molar refractivity (Wildman–Crippen MR) is 70.6 cm³/mol. The van der Waals surface area contributed by atoms with Gasteiger partial charge in [0.2, 0.25) is 0 Å². The van der Waals surface area contributed by atoms with Crippen LogP contribution >= 0.6 is 0 Å². The van der Waals surface area contributed by atoms with Gasteiger partial charge in [-0.25, -0.2) is 0 Å². The van der Waals surface area contributed by atoms with E-state index in [-0.39, 0.29) is 5.41 Å². The van der Waals surface area contributed by atoms with Gasteiger partial charge in [0.05, 0.1) is 18.8 Å². The molecule has 3 rings (SSSR count). The van der Waals surface area contributed by atoms with Crippen LogP contribution in [-0.2, 0) is 4.74 Å². The van der Waals surface area contributed by atoms with Crippen molar-refractivity contribution in [3.8, 4) is 0 Å². The van der Waals surface area contributed by atoms with Crippen molar-refractivity contribution < 1.29 is 9.84 Å². The fraction of sp³-hybridized carbons (Fsp3) is 1.00. The molecular weight excluding hydrogens is 228 g/mol. The van der Waals surface area contributed by atoms with Crippen molar-refractivity contribution in [3.63, 3.8) is 0 Å². The summed E-state index contributed by atoms with van der Waals surface area (Å²) in [5, 5.41) is 14.8. The summed E-state index contributed by atoms with van der Waals surface area (Å²) in [4.78, 5) is 2.40. The minimum Gasteiger partial charge on any atom is -0.388 e. The fourth-order valence-corrected chi connectivity index (χ4v) is 4.12. The van der Waals surface area contributed by atoms with E-state index >= 15 is 0 Å². The van der Waals surface area contributed by atoms with Crippen LogP contribution in [0.2, 0.25) is 0 Å². The Balaban J connectivity index is 1.72. The van der Waals surface area contributed by atoms with E-state index in [4.69, 9.17) is 4.74 Å². The van der Waals surface area contributed by atoms with E-state index in [9.17, 15) is 5.11 Å². The third kappa shape index (κ3) is 2.20. The number of β-amino-alcohol motifs (C(OH)–C–C–N with tert-alkyl or cyclic N) is 1. The highest BCUT2D eigenvalue weighted by Gasteiger charge is 2.53. The zero-order valence-electron chi connectivity index (χ0n) is 11.3. The molecule has 1 spiro atoms. The Kier molecular flexibility index (Phi) is 3.63. The number of piperidine rings is 1. The molecule has 0 aromatic rings. The van der Waals surface area contributed by atoms with Gasteiger partial charge in [-0.15, -0.1) is 0 Å². The van der Waals surface area contributed by atoms with E-state index in [1.54, 1.807) is 0 Å². The third-order valence-corrected chi connectivity index (χ3v) is 5.32. The fourth-order valence-electron chi connectivity index (χ4n) is 4.12. The second-order valence-corrected chi connectivity index (χ2v) is 6.33. The number of morpholine rings is 1. The van der Waals surface area contributed by atoms with Crippen LogP contribution in [0.4, 0.5) is 0 Å². The number of nitrogens with one attached hydrogen (secondary N) is 1. The summed E-state index contributed by atoms with van der Waals surface area (Å²) in [5.74, 6) is 0. The first-order chi connectivity index (χ1) is 8.74. The van der Waals surface area contributed by atoms with E-state index in [1.807, 2.05) is 0 Å². The molecule has 4 nitrogen and oxygen atoms in total. The van der Waals surface area contributed by atoms with Crippen LogP contribution in [0, 0.1) is 5.41 Å². The second-order valence-electron chi connectivity index (χ2n) is 6.33. The van der Waals surface area contributed by atoms with Gasteiger partial charge in [0.25, 0.3) is 0 Å². The van der Waals surface area contributed by atoms with Crippen molar-refractivity contribution >= 4 is 0 Å². The summed E-state index contributed by atoms with van der Waals surface area (Å²) in [6, 6.07) is 0. The number of aliphatic hydroxyl groups is 1. The van der Waals surface area contributed by atoms with Gasteiger partial charge in [-0.05, 0) is 25.8 Å². The Morgan fingerprint density at radius 1 is 1.11 bits per heavy atom. The molecule has 0 aromatic heterocycles. The molecule has 18 heavy (non-hydrogen) atoms. The van der Waals surface area contributed by atoms with Crippen molar-refractivity contribution in [2.45, 2.75) is 37.7 Å². The van der Waals surface area contributed by atoms with Gasteiger partial charge in [0.15, 0.2) is 0 Å². The summed E-state index contributed by atoms with van der Waals surface area (Å²) < 4.78 is 5.40. The molecule has 4 heteroatoms. The molecule has 2 heterocycles. The maximum atomic E-state index is 11.3. The average molecular weight is 254 g/mol. The molecule has 0 aromatic carbocycles. The zero-order chi connectivity index (χ0) is 12.5. The van der Waals surface area contributed by atoms with Crippen LogP contribution in [0.3, 0.4) is 0 Å². The van der Waals surface area contributed by atoms with Gasteiger partial charge in [-0.2, -0.15) is 0 Å². The van der Waals surface area contributed by atoms with Gasteiger partial charge in [0, 0.05) is 31.6 Å². The van der Waals surface area contributed by atoms with Crippen molar-refractivity contribution in [2.24, 2.45) is 5.41 Å². The monoisotopic (exact) mass is 254 g/mol. The van der Waals surface area contributed by atoms with Gasteiger partial charge in [-0.3, -0.25) is 4.90 Å². The Labute approximate surface area is 110 Å². The number of rotatable bonds is 2. The van der Waals surface area contributed by atoms with Crippen molar-refractivity contribution in [1.29, 1.82) is 0 Å². The van der Waals surface area contributed by atoms with E-state index in [1.165, 1.54) is 25.7 Å². The van der Waals surface area contributed by atoms with E-state index in [2.05, 4.69) is 10.2 Å². The lowest BCUT2D eigenvalue weighted by molar-refractivity contribution is -0.128. The Morgan fingerprint density at radius 3 is 2.56 bits per heavy atom. The first-order valence-corrected chi connectivity index (χ1v) is 7.47. The summed E-state index contributed by atoms with van der Waals surface area (Å²) in [6.45, 7) is 6.41. The Hall–Kier alpha value is -0.160. The molecule has 1 unspecified atom stereocenters. The summed E-state index contributed by atoms with van der Waals surface area (Å²) in [5.41, 5.74) is -0.338. The molecule has 0 bridgehead atoms. The summed E-state index contributed by atoms with van der Waals surface area (Å²) >= 11 is 0. The van der Waals surface area contributed by atoms with Crippen molar-refractivity contribution in [1.82, 2.24) is 10.2 Å². The molecule has 1 atom stereocenters. The minimum atomic E-state index is -0.480. The summed E-state index contributed by atoms with van der Waals surface area (Å²) in [6.07, 6.45) is 5.87. The molecule has 104 valence electrons. The first kappa shape index (κ1) is 12.9. The Bertz CT molecular complexity index is 286. The van der Waals surface area contributed by atoms with E-state index in [0.717, 1.165) is 52.4 Å². The van der Waals surface area contributed by atoms with Crippen molar-refractivity contribution in [3.05, 3.63) is 0 Å². The van der Waals surface area contributed by atoms with E-state index < -0.39 is 5.60 Å². The molecule has 3 aliphatic rings. The molecule has 2 aliphatic heterocycles. The summed E-state index contributed by atoms with van der Waals surface area (Å²) in [7, 11) is 0. The molecule has 1 saturated carbocycles. The van der Waals surface area contributed by atoms with Gasteiger partial charge in [-0.1, -0.05) is 12.8 Å². The predicted octanol–water partition coefficient (Wildman–Crippen LogP) is 0.603. The minimum absolute atomic E-state index is 0.142. The smallest absolute Gasteiger partial charge is 0.0854 e. The lowest BCUT2D eigenvalue weighted by Crippen LogP contribution is -2.63. The van der Waals surface area contributed by atoms with Crippen LogP contribution in [0.25, 0.3) is 0 Å². The van der Waals surface area contributed by atoms with Crippen LogP contribution in [-0.4, -0.2) is 61.5 Å². The maximum Gasteiger partial charge on any atom is 0.0854 e. The third-order valence-electron chi connectivity index (χ3n) is 5.32. The molecule has 0 radical (unpaired) electrons. The SMILES string of the molecule is OC1(CN2CCOCC2)CCNCC12CCCC2. The first-order valence-electron chi connectivity index (χ1n) is 7.47.